The molecule has 0 radical (unpaired) electrons. The van der Waals surface area contributed by atoms with E-state index in [0.29, 0.717) is 11.1 Å². The van der Waals surface area contributed by atoms with E-state index in [9.17, 15) is 4.79 Å². The number of aryl methyl sites for hydroxylation is 1. The number of carbonyl (C=O) groups is 1. The van der Waals surface area contributed by atoms with Crippen molar-refractivity contribution in [3.63, 3.8) is 0 Å². The monoisotopic (exact) mass is 400 g/mol. The lowest BCUT2D eigenvalue weighted by atomic mass is 9.96. The predicted octanol–water partition coefficient (Wildman–Crippen LogP) is 6.75. The van der Waals surface area contributed by atoms with Crippen molar-refractivity contribution < 1.29 is 4.79 Å². The van der Waals surface area contributed by atoms with Crippen molar-refractivity contribution in [2.75, 3.05) is 0 Å². The molecular formula is C28H20N2O. The zero-order valence-electron chi connectivity index (χ0n) is 17.2. The molecule has 0 saturated heterocycles. The molecule has 6 rings (SSSR count). The third-order valence-corrected chi connectivity index (χ3v) is 6.12. The molecule has 0 atom stereocenters. The van der Waals surface area contributed by atoms with E-state index in [-0.39, 0.29) is 5.78 Å². The molecule has 0 bridgehead atoms. The molecule has 0 aliphatic carbocycles. The average molecular weight is 400 g/mol. The van der Waals surface area contributed by atoms with E-state index < -0.39 is 0 Å². The van der Waals surface area contributed by atoms with Crippen LogP contribution in [0.25, 0.3) is 43.6 Å². The molecular weight excluding hydrogens is 380 g/mol. The van der Waals surface area contributed by atoms with Gasteiger partial charge in [0.25, 0.3) is 0 Å². The zero-order valence-corrected chi connectivity index (χ0v) is 17.2. The van der Waals surface area contributed by atoms with Crippen LogP contribution in [0.5, 0.6) is 0 Å². The van der Waals surface area contributed by atoms with Gasteiger partial charge in [-0.3, -0.25) is 4.79 Å². The van der Waals surface area contributed by atoms with E-state index in [2.05, 4.69) is 54.0 Å². The van der Waals surface area contributed by atoms with Crippen molar-refractivity contribution >= 4 is 49.4 Å². The lowest BCUT2D eigenvalue weighted by molar-refractivity contribution is 0.104. The van der Waals surface area contributed by atoms with Crippen LogP contribution in [0.4, 0.5) is 0 Å². The molecule has 0 N–H and O–H groups in total. The zero-order chi connectivity index (χ0) is 20.9. The minimum Gasteiger partial charge on any atom is -0.340 e. The predicted molar refractivity (Wildman–Crippen MR) is 128 cm³/mol. The van der Waals surface area contributed by atoms with Gasteiger partial charge in [-0.1, -0.05) is 66.7 Å². The van der Waals surface area contributed by atoms with E-state index in [1.165, 1.54) is 0 Å². The quantitative estimate of drug-likeness (QED) is 0.243. The molecule has 0 amide bonds. The van der Waals surface area contributed by atoms with Crippen molar-refractivity contribution in [3.8, 4) is 0 Å². The standard InChI is InChI=1S/C28H20N2O/c1-2-30-24-15-9-7-13-21(24)22-17-20-16-19-12-6-8-14-23(19)29-26(20)25(27(22)30)28(31)18-10-4-3-5-11-18/h3-17H,2H2,1H3. The molecule has 0 aliphatic heterocycles. The van der Waals surface area contributed by atoms with Gasteiger partial charge in [-0.25, -0.2) is 4.98 Å². The second-order valence-electron chi connectivity index (χ2n) is 7.86. The molecule has 0 unspecified atom stereocenters. The summed E-state index contributed by atoms with van der Waals surface area (Å²) in [6.45, 7) is 2.90. The number of pyridine rings is 1. The summed E-state index contributed by atoms with van der Waals surface area (Å²) in [7, 11) is 0. The summed E-state index contributed by atoms with van der Waals surface area (Å²) < 4.78 is 2.25. The van der Waals surface area contributed by atoms with Gasteiger partial charge in [0.2, 0.25) is 0 Å². The molecule has 0 spiro atoms. The Morgan fingerprint density at radius 2 is 1.55 bits per heavy atom. The van der Waals surface area contributed by atoms with Crippen LogP contribution in [-0.4, -0.2) is 15.3 Å². The Labute approximate surface area is 179 Å². The highest BCUT2D eigenvalue weighted by Gasteiger charge is 2.23. The number of carbonyl (C=O) groups excluding carboxylic acids is 1. The van der Waals surface area contributed by atoms with E-state index in [1.54, 1.807) is 0 Å². The number of para-hydroxylation sites is 2. The van der Waals surface area contributed by atoms with Crippen LogP contribution in [0.1, 0.15) is 22.8 Å². The maximum atomic E-state index is 13.9. The van der Waals surface area contributed by atoms with Crippen molar-refractivity contribution in [3.05, 3.63) is 102 Å². The second kappa shape index (κ2) is 6.78. The summed E-state index contributed by atoms with van der Waals surface area (Å²) in [5, 5.41) is 4.33. The smallest absolute Gasteiger partial charge is 0.197 e. The van der Waals surface area contributed by atoms with Crippen LogP contribution in [0.15, 0.2) is 91.0 Å². The van der Waals surface area contributed by atoms with Gasteiger partial charge in [0.15, 0.2) is 5.78 Å². The van der Waals surface area contributed by atoms with Crippen LogP contribution < -0.4 is 0 Å². The summed E-state index contributed by atoms with van der Waals surface area (Å²) in [6.07, 6.45) is 0. The summed E-state index contributed by atoms with van der Waals surface area (Å²) in [4.78, 5) is 18.9. The number of benzene rings is 4. The number of ketones is 1. The number of fused-ring (bicyclic) bond motifs is 5. The first-order valence-corrected chi connectivity index (χ1v) is 10.6. The van der Waals surface area contributed by atoms with Crippen molar-refractivity contribution in [1.29, 1.82) is 0 Å². The fraction of sp³-hybridized carbons (Fsp3) is 0.0714. The molecule has 0 aliphatic rings. The molecule has 6 aromatic rings. The first-order chi connectivity index (χ1) is 15.3. The van der Waals surface area contributed by atoms with Gasteiger partial charge in [-0.2, -0.15) is 0 Å². The van der Waals surface area contributed by atoms with Crippen molar-refractivity contribution in [2.24, 2.45) is 0 Å². The third kappa shape index (κ3) is 2.60. The highest BCUT2D eigenvalue weighted by molar-refractivity contribution is 6.27. The number of rotatable bonds is 3. The van der Waals surface area contributed by atoms with E-state index in [0.717, 1.165) is 50.2 Å². The van der Waals surface area contributed by atoms with Crippen molar-refractivity contribution in [2.45, 2.75) is 13.5 Å². The summed E-state index contributed by atoms with van der Waals surface area (Å²) in [5.41, 5.74) is 5.13. The molecule has 2 heterocycles. The van der Waals surface area contributed by atoms with Crippen LogP contribution in [0.2, 0.25) is 0 Å². The number of aromatic nitrogens is 2. The van der Waals surface area contributed by atoms with Crippen LogP contribution in [0, 0.1) is 0 Å². The Bertz CT molecular complexity index is 1630. The molecule has 31 heavy (non-hydrogen) atoms. The average Bonchev–Trinajstić information content (AvgIpc) is 3.14. The van der Waals surface area contributed by atoms with Gasteiger partial charge in [0, 0.05) is 39.2 Å². The minimum absolute atomic E-state index is 0.0106. The molecule has 148 valence electrons. The van der Waals surface area contributed by atoms with Crippen LogP contribution >= 0.6 is 0 Å². The Kier molecular flexibility index (Phi) is 3.90. The highest BCUT2D eigenvalue weighted by atomic mass is 16.1. The molecule has 3 heteroatoms. The number of hydrogen-bond acceptors (Lipinski definition) is 2. The van der Waals surface area contributed by atoms with Crippen LogP contribution in [-0.2, 0) is 6.54 Å². The third-order valence-electron chi connectivity index (χ3n) is 6.12. The van der Waals surface area contributed by atoms with Gasteiger partial charge in [-0.05, 0) is 31.2 Å². The summed E-state index contributed by atoms with van der Waals surface area (Å²) >= 11 is 0. The Hall–Kier alpha value is -3.98. The SMILES string of the molecule is CCn1c2ccccc2c2cc3cc4ccccc4nc3c(C(=O)c3ccccc3)c21. The Balaban J connectivity index is 1.86. The molecule has 3 nitrogen and oxygen atoms in total. The maximum absolute atomic E-state index is 13.9. The molecule has 0 fully saturated rings. The topological polar surface area (TPSA) is 34.9 Å². The van der Waals surface area contributed by atoms with Gasteiger partial charge in [0.05, 0.1) is 22.1 Å². The number of nitrogens with zero attached hydrogens (tertiary/aromatic N) is 2. The van der Waals surface area contributed by atoms with Gasteiger partial charge in [0.1, 0.15) is 0 Å². The fourth-order valence-corrected chi connectivity index (χ4v) is 4.73. The van der Waals surface area contributed by atoms with E-state index >= 15 is 0 Å². The van der Waals surface area contributed by atoms with Gasteiger partial charge >= 0.3 is 0 Å². The van der Waals surface area contributed by atoms with Crippen molar-refractivity contribution in [1.82, 2.24) is 9.55 Å². The Morgan fingerprint density at radius 3 is 2.39 bits per heavy atom. The number of hydrogen-bond donors (Lipinski definition) is 0. The van der Waals surface area contributed by atoms with E-state index in [4.69, 9.17) is 4.98 Å². The highest BCUT2D eigenvalue weighted by Crippen LogP contribution is 2.37. The fourth-order valence-electron chi connectivity index (χ4n) is 4.73. The molecule has 0 saturated carbocycles. The molecule has 2 aromatic heterocycles. The Morgan fingerprint density at radius 1 is 0.806 bits per heavy atom. The molecule has 4 aromatic carbocycles. The van der Waals surface area contributed by atoms with Crippen LogP contribution in [0.3, 0.4) is 0 Å². The second-order valence-corrected chi connectivity index (χ2v) is 7.86. The summed E-state index contributed by atoms with van der Waals surface area (Å²) in [6, 6.07) is 30.3. The largest absolute Gasteiger partial charge is 0.340 e. The maximum Gasteiger partial charge on any atom is 0.197 e. The lowest BCUT2D eigenvalue weighted by Gasteiger charge is -2.12. The summed E-state index contributed by atoms with van der Waals surface area (Å²) in [5.74, 6) is 0.0106. The first kappa shape index (κ1) is 17.8. The normalized spacial score (nSPS) is 11.6. The van der Waals surface area contributed by atoms with Gasteiger partial charge < -0.3 is 4.57 Å². The minimum atomic E-state index is 0.0106. The van der Waals surface area contributed by atoms with Gasteiger partial charge in [-0.15, -0.1) is 0 Å². The first-order valence-electron chi connectivity index (χ1n) is 10.6. The lowest BCUT2D eigenvalue weighted by Crippen LogP contribution is -2.07. The van der Waals surface area contributed by atoms with E-state index in [1.807, 2.05) is 48.5 Å².